The topological polar surface area (TPSA) is 23.8 Å². The summed E-state index contributed by atoms with van der Waals surface area (Å²) < 4.78 is 13.5. The monoisotopic (exact) mass is 173 g/mol. The van der Waals surface area contributed by atoms with Crippen molar-refractivity contribution in [3.05, 3.63) is 0 Å². The number of halogens is 1. The Labute approximate surface area is 69.4 Å². The Hall–Kier alpha value is -0.363. The Bertz CT molecular complexity index is 168. The molecule has 0 rings (SSSR count). The van der Waals surface area contributed by atoms with E-state index in [0.717, 1.165) is 6.42 Å². The van der Waals surface area contributed by atoms with Crippen LogP contribution in [0.15, 0.2) is 0 Å². The third kappa shape index (κ3) is 2.30. The van der Waals surface area contributed by atoms with Crippen molar-refractivity contribution in [1.29, 1.82) is 5.26 Å². The third-order valence-electron chi connectivity index (χ3n) is 2.31. The van der Waals surface area contributed by atoms with Crippen LogP contribution in [0, 0.1) is 11.3 Å². The van der Waals surface area contributed by atoms with Crippen LogP contribution in [-0.4, -0.2) is 8.41 Å². The highest BCUT2D eigenvalue weighted by molar-refractivity contribution is 6.74. The maximum absolute atomic E-state index is 13.5. The summed E-state index contributed by atoms with van der Waals surface area (Å²) in [5.41, 5.74) is 0. The van der Waals surface area contributed by atoms with E-state index in [1.165, 1.54) is 0 Å². The second kappa shape index (κ2) is 3.36. The minimum atomic E-state index is -2.79. The summed E-state index contributed by atoms with van der Waals surface area (Å²) in [6, 6.07) is 2.11. The lowest BCUT2D eigenvalue weighted by molar-refractivity contribution is 0.583. The molecule has 1 atom stereocenters. The molecule has 0 aliphatic carbocycles. The molecule has 3 heteroatoms. The van der Waals surface area contributed by atoms with Crippen LogP contribution in [0.3, 0.4) is 0 Å². The molecule has 0 fully saturated rings. The molecule has 0 amide bonds. The van der Waals surface area contributed by atoms with Crippen molar-refractivity contribution in [3.63, 3.8) is 0 Å². The number of rotatable bonds is 3. The van der Waals surface area contributed by atoms with Gasteiger partial charge in [0.15, 0.2) is 0 Å². The molecule has 11 heavy (non-hydrogen) atoms. The van der Waals surface area contributed by atoms with E-state index >= 15 is 0 Å². The van der Waals surface area contributed by atoms with Crippen LogP contribution in [0.5, 0.6) is 0 Å². The first-order valence-corrected chi connectivity index (χ1v) is 6.85. The first-order valence-electron chi connectivity index (χ1n) is 3.97. The van der Waals surface area contributed by atoms with Gasteiger partial charge in [0.05, 0.1) is 11.1 Å². The molecular formula is C8H16FNSi. The minimum Gasteiger partial charge on any atom is -0.313 e. The molecular weight excluding hydrogens is 157 g/mol. The second-order valence-electron chi connectivity index (χ2n) is 3.67. The van der Waals surface area contributed by atoms with Crippen LogP contribution in [0.4, 0.5) is 4.11 Å². The largest absolute Gasteiger partial charge is 0.313 e. The molecule has 0 aromatic carbocycles. The molecule has 0 N–H and O–H groups in total. The molecule has 0 aliphatic heterocycles. The van der Waals surface area contributed by atoms with E-state index in [9.17, 15) is 4.11 Å². The first-order chi connectivity index (χ1) is 4.87. The van der Waals surface area contributed by atoms with Gasteiger partial charge in [-0.25, -0.2) is 0 Å². The van der Waals surface area contributed by atoms with Crippen LogP contribution in [0.1, 0.15) is 26.7 Å². The van der Waals surface area contributed by atoms with Crippen molar-refractivity contribution >= 4 is 8.41 Å². The Morgan fingerprint density at radius 1 is 1.55 bits per heavy atom. The Morgan fingerprint density at radius 3 is 2.09 bits per heavy atom. The van der Waals surface area contributed by atoms with Crippen LogP contribution in [0.25, 0.3) is 0 Å². The normalized spacial score (nSPS) is 17.1. The van der Waals surface area contributed by atoms with Crippen LogP contribution >= 0.6 is 0 Å². The molecule has 0 aromatic heterocycles. The lowest BCUT2D eigenvalue weighted by atomic mass is 10.1. The van der Waals surface area contributed by atoms with Gasteiger partial charge in [0.1, 0.15) is 0 Å². The number of hydrogen-bond acceptors (Lipinski definition) is 1. The standard InChI is InChI=1S/C8H16FNSi/c1-5-6-8(2,7-10)11(3,4)9/h5-6H2,1-4H3. The maximum atomic E-state index is 13.5. The van der Waals surface area contributed by atoms with E-state index in [4.69, 9.17) is 5.26 Å². The van der Waals surface area contributed by atoms with Crippen LogP contribution in [-0.2, 0) is 0 Å². The summed E-state index contributed by atoms with van der Waals surface area (Å²) >= 11 is 0. The van der Waals surface area contributed by atoms with E-state index in [-0.39, 0.29) is 0 Å². The average Bonchev–Trinajstić information content (AvgIpc) is 1.86. The summed E-state index contributed by atoms with van der Waals surface area (Å²) in [7, 11) is -2.79. The van der Waals surface area contributed by atoms with Crippen molar-refractivity contribution in [2.75, 3.05) is 0 Å². The molecule has 0 saturated carbocycles. The van der Waals surface area contributed by atoms with Crippen LogP contribution in [0.2, 0.25) is 18.1 Å². The van der Waals surface area contributed by atoms with E-state index in [0.29, 0.717) is 6.42 Å². The van der Waals surface area contributed by atoms with E-state index in [1.807, 2.05) is 6.92 Å². The highest BCUT2D eigenvalue weighted by Crippen LogP contribution is 2.41. The highest BCUT2D eigenvalue weighted by atomic mass is 28.4. The smallest absolute Gasteiger partial charge is 0.260 e. The molecule has 0 aromatic rings. The summed E-state index contributed by atoms with van der Waals surface area (Å²) in [6.07, 6.45) is 1.56. The maximum Gasteiger partial charge on any atom is 0.260 e. The van der Waals surface area contributed by atoms with Gasteiger partial charge in [0.2, 0.25) is 0 Å². The lowest BCUT2D eigenvalue weighted by Gasteiger charge is -2.28. The molecule has 0 radical (unpaired) electrons. The van der Waals surface area contributed by atoms with Gasteiger partial charge in [0, 0.05) is 0 Å². The molecule has 1 unspecified atom stereocenters. The van der Waals surface area contributed by atoms with Crippen molar-refractivity contribution in [2.45, 2.75) is 44.8 Å². The molecule has 0 heterocycles. The molecule has 64 valence electrons. The van der Waals surface area contributed by atoms with Crippen molar-refractivity contribution < 1.29 is 4.11 Å². The van der Waals surface area contributed by atoms with E-state index in [1.54, 1.807) is 20.0 Å². The number of nitriles is 1. The van der Waals surface area contributed by atoms with Crippen molar-refractivity contribution in [1.82, 2.24) is 0 Å². The van der Waals surface area contributed by atoms with Crippen molar-refractivity contribution in [2.24, 2.45) is 0 Å². The zero-order chi connectivity index (χ0) is 9.12. The third-order valence-corrected chi connectivity index (χ3v) is 5.29. The zero-order valence-electron chi connectivity index (χ0n) is 7.74. The molecule has 0 aliphatic rings. The van der Waals surface area contributed by atoms with Gasteiger partial charge >= 0.3 is 0 Å². The summed E-state index contributed by atoms with van der Waals surface area (Å²) in [5.74, 6) is 0. The molecule has 0 saturated heterocycles. The highest BCUT2D eigenvalue weighted by Gasteiger charge is 2.44. The van der Waals surface area contributed by atoms with E-state index in [2.05, 4.69) is 6.07 Å². The Kier molecular flexibility index (Phi) is 3.24. The van der Waals surface area contributed by atoms with Gasteiger partial charge in [-0.05, 0) is 26.4 Å². The summed E-state index contributed by atoms with van der Waals surface area (Å²) in [6.45, 7) is 6.93. The summed E-state index contributed by atoms with van der Waals surface area (Å²) in [4.78, 5) is 0. The fourth-order valence-electron chi connectivity index (χ4n) is 0.986. The Morgan fingerprint density at radius 2 is 2.00 bits per heavy atom. The second-order valence-corrected chi connectivity index (χ2v) is 7.71. The van der Waals surface area contributed by atoms with Gasteiger partial charge in [0.25, 0.3) is 8.41 Å². The van der Waals surface area contributed by atoms with Gasteiger partial charge in [-0.3, -0.25) is 0 Å². The molecule has 0 spiro atoms. The number of hydrogen-bond donors (Lipinski definition) is 0. The Balaban J connectivity index is 4.50. The fraction of sp³-hybridized carbons (Fsp3) is 0.875. The molecule has 1 nitrogen and oxygen atoms in total. The van der Waals surface area contributed by atoms with Crippen LogP contribution < -0.4 is 0 Å². The number of nitrogens with zero attached hydrogens (tertiary/aromatic N) is 1. The molecule has 0 bridgehead atoms. The average molecular weight is 173 g/mol. The quantitative estimate of drug-likeness (QED) is 0.475. The summed E-state index contributed by atoms with van der Waals surface area (Å²) in [5, 5.41) is 8.10. The lowest BCUT2D eigenvalue weighted by Crippen LogP contribution is -2.35. The predicted molar refractivity (Wildman–Crippen MR) is 47.5 cm³/mol. The van der Waals surface area contributed by atoms with E-state index < -0.39 is 13.4 Å². The SMILES string of the molecule is CCCC(C)(C#N)[Si](C)(C)F. The van der Waals surface area contributed by atoms with Gasteiger partial charge in [-0.15, -0.1) is 0 Å². The zero-order valence-corrected chi connectivity index (χ0v) is 8.74. The van der Waals surface area contributed by atoms with Gasteiger partial charge in [-0.2, -0.15) is 5.26 Å². The predicted octanol–water partition coefficient (Wildman–Crippen LogP) is 3.24. The van der Waals surface area contributed by atoms with Gasteiger partial charge in [-0.1, -0.05) is 13.3 Å². The van der Waals surface area contributed by atoms with Crippen molar-refractivity contribution in [3.8, 4) is 6.07 Å². The fourth-order valence-corrected chi connectivity index (χ4v) is 2.10. The minimum absolute atomic E-state index is 0.680. The first kappa shape index (κ1) is 10.6. The van der Waals surface area contributed by atoms with Gasteiger partial charge < -0.3 is 4.11 Å².